The van der Waals surface area contributed by atoms with E-state index >= 15 is 0 Å². The highest BCUT2D eigenvalue weighted by atomic mass is 16.2. The zero-order valence-corrected chi connectivity index (χ0v) is 15.6. The Morgan fingerprint density at radius 3 is 2.50 bits per heavy atom. The van der Waals surface area contributed by atoms with Crippen molar-refractivity contribution in [3.63, 3.8) is 0 Å². The lowest BCUT2D eigenvalue weighted by molar-refractivity contribution is 0.194. The van der Waals surface area contributed by atoms with Crippen molar-refractivity contribution in [1.82, 2.24) is 20.2 Å². The summed E-state index contributed by atoms with van der Waals surface area (Å²) in [5.74, 6) is 1.36. The van der Waals surface area contributed by atoms with Gasteiger partial charge in [-0.1, -0.05) is 37.3 Å². The topological polar surface area (TPSA) is 61.4 Å². The van der Waals surface area contributed by atoms with Crippen LogP contribution < -0.4 is 10.2 Å². The lowest BCUT2D eigenvalue weighted by Crippen LogP contribution is -2.52. The van der Waals surface area contributed by atoms with Crippen LogP contribution in [0.4, 0.5) is 10.6 Å². The molecule has 6 heteroatoms. The fourth-order valence-corrected chi connectivity index (χ4v) is 3.29. The van der Waals surface area contributed by atoms with Crippen LogP contribution in [0, 0.1) is 6.92 Å². The second-order valence-electron chi connectivity index (χ2n) is 6.77. The molecule has 1 N–H and O–H groups in total. The molecule has 2 amide bonds. The number of hydrogen-bond acceptors (Lipinski definition) is 4. The number of piperazine rings is 1. The molecule has 1 aliphatic heterocycles. The lowest BCUT2D eigenvalue weighted by atomic mass is 9.98. The smallest absolute Gasteiger partial charge is 0.317 e. The third-order valence-electron chi connectivity index (χ3n) is 4.94. The van der Waals surface area contributed by atoms with E-state index in [1.807, 2.05) is 17.9 Å². The van der Waals surface area contributed by atoms with Gasteiger partial charge in [-0.25, -0.2) is 9.78 Å². The molecular formula is C20H27N5O. The molecule has 1 aromatic heterocycles. The predicted octanol–water partition coefficient (Wildman–Crippen LogP) is 2.81. The van der Waals surface area contributed by atoms with Gasteiger partial charge in [0.2, 0.25) is 0 Å². The quantitative estimate of drug-likeness (QED) is 0.898. The number of aryl methyl sites for hydroxylation is 1. The van der Waals surface area contributed by atoms with Crippen molar-refractivity contribution in [2.75, 3.05) is 37.6 Å². The zero-order chi connectivity index (χ0) is 18.4. The summed E-state index contributed by atoms with van der Waals surface area (Å²) in [6, 6.07) is 10.5. The summed E-state index contributed by atoms with van der Waals surface area (Å²) in [4.78, 5) is 25.2. The SMILES string of the molecule is Cc1nccnc1N1CCN(C(=O)NCCC(C)c2ccccc2)CC1. The van der Waals surface area contributed by atoms with Crippen molar-refractivity contribution in [2.24, 2.45) is 0 Å². The van der Waals surface area contributed by atoms with E-state index in [4.69, 9.17) is 0 Å². The highest BCUT2D eigenvalue weighted by molar-refractivity contribution is 5.74. The molecular weight excluding hydrogens is 326 g/mol. The highest BCUT2D eigenvalue weighted by Crippen LogP contribution is 2.18. The van der Waals surface area contributed by atoms with Crippen LogP contribution in [0.2, 0.25) is 0 Å². The van der Waals surface area contributed by atoms with Crippen LogP contribution in [0.3, 0.4) is 0 Å². The zero-order valence-electron chi connectivity index (χ0n) is 15.6. The van der Waals surface area contributed by atoms with Gasteiger partial charge in [0.25, 0.3) is 0 Å². The molecule has 1 saturated heterocycles. The maximum Gasteiger partial charge on any atom is 0.317 e. The summed E-state index contributed by atoms with van der Waals surface area (Å²) in [6.07, 6.45) is 4.36. The number of nitrogens with one attached hydrogen (secondary N) is 1. The Morgan fingerprint density at radius 1 is 1.12 bits per heavy atom. The molecule has 1 unspecified atom stereocenters. The van der Waals surface area contributed by atoms with Gasteiger partial charge in [0, 0.05) is 45.1 Å². The van der Waals surface area contributed by atoms with E-state index in [1.165, 1.54) is 5.56 Å². The maximum absolute atomic E-state index is 12.4. The first kappa shape index (κ1) is 18.2. The first-order valence-electron chi connectivity index (χ1n) is 9.25. The van der Waals surface area contributed by atoms with Gasteiger partial charge in [-0.3, -0.25) is 4.98 Å². The Morgan fingerprint density at radius 2 is 1.81 bits per heavy atom. The van der Waals surface area contributed by atoms with Gasteiger partial charge in [-0.2, -0.15) is 0 Å². The molecule has 6 nitrogen and oxygen atoms in total. The van der Waals surface area contributed by atoms with Crippen LogP contribution in [0.5, 0.6) is 0 Å². The number of carbonyl (C=O) groups excluding carboxylic acids is 1. The molecule has 2 heterocycles. The number of urea groups is 1. The summed E-state index contributed by atoms with van der Waals surface area (Å²) in [5.41, 5.74) is 2.25. The Hall–Kier alpha value is -2.63. The molecule has 1 aromatic carbocycles. The van der Waals surface area contributed by atoms with E-state index in [0.29, 0.717) is 25.6 Å². The van der Waals surface area contributed by atoms with Gasteiger partial charge < -0.3 is 15.1 Å². The van der Waals surface area contributed by atoms with Crippen molar-refractivity contribution in [3.8, 4) is 0 Å². The lowest BCUT2D eigenvalue weighted by Gasteiger charge is -2.35. The van der Waals surface area contributed by atoms with Gasteiger partial charge in [0.15, 0.2) is 0 Å². The van der Waals surface area contributed by atoms with E-state index < -0.39 is 0 Å². The normalized spacial score (nSPS) is 15.6. The fourth-order valence-electron chi connectivity index (χ4n) is 3.29. The standard InChI is InChI=1S/C20H27N5O/c1-16(18-6-4-3-5-7-18)8-9-23-20(26)25-14-12-24(13-15-25)19-17(2)21-10-11-22-19/h3-7,10-11,16H,8-9,12-15H2,1-2H3,(H,23,26). The number of amides is 2. The second-order valence-corrected chi connectivity index (χ2v) is 6.77. The number of rotatable bonds is 5. The number of nitrogens with zero attached hydrogens (tertiary/aromatic N) is 4. The summed E-state index contributed by atoms with van der Waals surface area (Å²) >= 11 is 0. The predicted molar refractivity (Wildman–Crippen MR) is 103 cm³/mol. The van der Waals surface area contributed by atoms with Crippen LogP contribution >= 0.6 is 0 Å². The summed E-state index contributed by atoms with van der Waals surface area (Å²) in [7, 11) is 0. The minimum Gasteiger partial charge on any atom is -0.352 e. The summed E-state index contributed by atoms with van der Waals surface area (Å²) in [6.45, 7) is 7.84. The summed E-state index contributed by atoms with van der Waals surface area (Å²) < 4.78 is 0. The van der Waals surface area contributed by atoms with Crippen LogP contribution in [-0.2, 0) is 0 Å². The minimum absolute atomic E-state index is 0.0285. The largest absolute Gasteiger partial charge is 0.352 e. The monoisotopic (exact) mass is 353 g/mol. The molecule has 26 heavy (non-hydrogen) atoms. The fraction of sp³-hybridized carbons (Fsp3) is 0.450. The van der Waals surface area contributed by atoms with Crippen molar-refractivity contribution in [1.29, 1.82) is 0 Å². The van der Waals surface area contributed by atoms with E-state index in [2.05, 4.69) is 51.4 Å². The van der Waals surface area contributed by atoms with Crippen LogP contribution in [0.15, 0.2) is 42.7 Å². The second kappa shape index (κ2) is 8.65. The molecule has 0 saturated carbocycles. The number of carbonyl (C=O) groups is 1. The molecule has 1 fully saturated rings. The van der Waals surface area contributed by atoms with Gasteiger partial charge in [0.1, 0.15) is 5.82 Å². The van der Waals surface area contributed by atoms with E-state index in [-0.39, 0.29) is 6.03 Å². The number of aromatic nitrogens is 2. The van der Waals surface area contributed by atoms with Crippen molar-refractivity contribution < 1.29 is 4.79 Å². The number of hydrogen-bond donors (Lipinski definition) is 1. The van der Waals surface area contributed by atoms with E-state index in [1.54, 1.807) is 12.4 Å². The third kappa shape index (κ3) is 4.50. The van der Waals surface area contributed by atoms with E-state index in [0.717, 1.165) is 31.0 Å². The average Bonchev–Trinajstić information content (AvgIpc) is 2.69. The summed E-state index contributed by atoms with van der Waals surface area (Å²) in [5, 5.41) is 3.06. The first-order valence-corrected chi connectivity index (χ1v) is 9.25. The molecule has 1 aliphatic rings. The number of anilines is 1. The van der Waals surface area contributed by atoms with Gasteiger partial charge >= 0.3 is 6.03 Å². The Bertz CT molecular complexity index is 713. The van der Waals surface area contributed by atoms with E-state index in [9.17, 15) is 4.79 Å². The molecule has 0 bridgehead atoms. The average molecular weight is 353 g/mol. The maximum atomic E-state index is 12.4. The Balaban J connectivity index is 1.42. The van der Waals surface area contributed by atoms with Crippen molar-refractivity contribution >= 4 is 11.8 Å². The van der Waals surface area contributed by atoms with Crippen LogP contribution in [0.25, 0.3) is 0 Å². The Labute approximate surface area is 155 Å². The third-order valence-corrected chi connectivity index (χ3v) is 4.94. The van der Waals surface area contributed by atoms with Crippen molar-refractivity contribution in [2.45, 2.75) is 26.2 Å². The molecule has 1 atom stereocenters. The molecule has 3 rings (SSSR count). The van der Waals surface area contributed by atoms with Crippen molar-refractivity contribution in [3.05, 3.63) is 54.0 Å². The molecule has 0 radical (unpaired) electrons. The van der Waals surface area contributed by atoms with Gasteiger partial charge in [0.05, 0.1) is 5.69 Å². The number of benzene rings is 1. The Kier molecular flexibility index (Phi) is 6.04. The van der Waals surface area contributed by atoms with Crippen LogP contribution in [-0.4, -0.2) is 53.6 Å². The molecule has 0 aliphatic carbocycles. The van der Waals surface area contributed by atoms with Gasteiger partial charge in [-0.15, -0.1) is 0 Å². The molecule has 2 aromatic rings. The molecule has 138 valence electrons. The highest BCUT2D eigenvalue weighted by Gasteiger charge is 2.22. The van der Waals surface area contributed by atoms with Crippen LogP contribution in [0.1, 0.15) is 30.5 Å². The minimum atomic E-state index is 0.0285. The molecule has 0 spiro atoms. The van der Waals surface area contributed by atoms with Gasteiger partial charge in [-0.05, 0) is 24.8 Å². The first-order chi connectivity index (χ1) is 12.6.